The Morgan fingerprint density at radius 2 is 0.580 bits per heavy atom. The van der Waals surface area contributed by atoms with E-state index in [9.17, 15) is 27.4 Å². The molecule has 12 aromatic heterocycles. The largest absolute Gasteiger partial charge is 0.384 e. The number of nitrogens with zero attached hydrogens (tertiary/aromatic N) is 19. The van der Waals surface area contributed by atoms with Crippen molar-refractivity contribution in [2.24, 2.45) is 0 Å². The van der Waals surface area contributed by atoms with Crippen LogP contribution in [-0.2, 0) is 158 Å². The van der Waals surface area contributed by atoms with Crippen molar-refractivity contribution in [3.8, 4) is 0 Å². The van der Waals surface area contributed by atoms with Crippen molar-refractivity contribution in [2.75, 3.05) is 111 Å². The van der Waals surface area contributed by atoms with Gasteiger partial charge in [0.2, 0.25) is 45.4 Å². The van der Waals surface area contributed by atoms with Gasteiger partial charge in [0.1, 0.15) is 133 Å². The van der Waals surface area contributed by atoms with Gasteiger partial charge in [0.05, 0.1) is 97.2 Å². The van der Waals surface area contributed by atoms with Gasteiger partial charge in [0.15, 0.2) is 97.2 Å². The highest BCUT2D eigenvalue weighted by Crippen LogP contribution is 2.61. The first-order chi connectivity index (χ1) is 72.2. The van der Waals surface area contributed by atoms with Gasteiger partial charge in [-0.05, 0) is 80.2 Å². The topological polar surface area (TPSA) is 556 Å². The van der Waals surface area contributed by atoms with E-state index in [1.807, 2.05) is 6.07 Å². The van der Waals surface area contributed by atoms with Gasteiger partial charge in [0, 0.05) is 86.5 Å². The summed E-state index contributed by atoms with van der Waals surface area (Å²) in [5.74, 6) is 2.02. The molecule has 27 rings (SSSR count). The van der Waals surface area contributed by atoms with E-state index in [4.69, 9.17) is 138 Å². The quantitative estimate of drug-likeness (QED) is 0.0514. The second kappa shape index (κ2) is 39.7. The van der Waals surface area contributed by atoms with Crippen LogP contribution in [0.4, 0.5) is 61.0 Å². The van der Waals surface area contributed by atoms with Crippen molar-refractivity contribution in [3.05, 3.63) is 102 Å². The molecule has 9 fully saturated rings. The van der Waals surface area contributed by atoms with Gasteiger partial charge >= 0.3 is 0 Å². The first-order valence-corrected chi connectivity index (χ1v) is 57.6. The molecule has 6 N–H and O–H groups in total. The van der Waals surface area contributed by atoms with Gasteiger partial charge in [0.25, 0.3) is 44.8 Å². The molecule has 30 atom stereocenters. The van der Waals surface area contributed by atoms with Crippen molar-refractivity contribution >= 4 is 191 Å². The third kappa shape index (κ3) is 18.8. The Morgan fingerprint density at radius 3 is 0.940 bits per heavy atom. The number of halogens is 6. The molecule has 0 amide bonds. The third-order valence-corrected chi connectivity index (χ3v) is 34.4. The van der Waals surface area contributed by atoms with E-state index >= 15 is 26.3 Å². The highest BCUT2D eigenvalue weighted by Gasteiger charge is 2.60. The maximum Gasteiger partial charge on any atom is 0.264 e. The summed E-state index contributed by atoms with van der Waals surface area (Å²) in [7, 11) is 8.28. The summed E-state index contributed by atoms with van der Waals surface area (Å²) in [6, 6.07) is 3.56. The van der Waals surface area contributed by atoms with E-state index in [2.05, 4.69) is 97.4 Å². The van der Waals surface area contributed by atoms with E-state index < -0.39 is 232 Å². The summed E-state index contributed by atoms with van der Waals surface area (Å²) in [5.41, 5.74) is 13.5. The van der Waals surface area contributed by atoms with Crippen molar-refractivity contribution in [1.82, 2.24) is 92.9 Å². The molecule has 12 radical (unpaired) electrons. The first-order valence-electron chi connectivity index (χ1n) is 48.0. The van der Waals surface area contributed by atoms with Crippen LogP contribution in [0.2, 0.25) is 0 Å². The lowest BCUT2D eigenvalue weighted by Crippen LogP contribution is -2.37. The molecule has 9 saturated heterocycles. The van der Waals surface area contributed by atoms with E-state index in [1.165, 1.54) is 59.3 Å². The lowest BCUT2D eigenvalue weighted by molar-refractivity contribution is -0.0568. The van der Waals surface area contributed by atoms with Crippen LogP contribution in [0.1, 0.15) is 96.8 Å². The minimum absolute atomic E-state index is 0.283. The molecule has 0 aromatic carbocycles. The van der Waals surface area contributed by atoms with Crippen molar-refractivity contribution in [2.45, 2.75) is 212 Å². The summed E-state index contributed by atoms with van der Waals surface area (Å²) >= 11 is 0. The maximum atomic E-state index is 16.4. The van der Waals surface area contributed by atoms with Gasteiger partial charge in [-0.2, -0.15) is 15.3 Å². The SMILES string of the molecule is [B]P1(=O)OC[C@H]2O[C@@H](n3nc4c5c(ncnc53)NCCC4)C(F)[C@H]2OP([B])(=O)OC[C@H]2O[C@@H](n3cc4c5c(ccnc53)NCCC4)[C@@H](F)C2O1.[B]P1(=O)OC[C@H]2O[C@@H](n3nc4c5c(ncnc53)NCCC4)C(F)[C@H]2OP([B])(=O)OC[C@H]2O[C@@H](n3cc4c5c(ccnc53)NOCC4)[C@@H](F)C2O1.[B]P1(=O)OC[C@H]2O[C@@H](n3nc4c5c(ncnc53)NCCC4)C(F)[C@H]2OP([B])(=O)OC[C@H]2O[C@@H](n3cc4c5c(ncnc53)NOCC4)[C@@H](F)C2O1. The maximum absolute atomic E-state index is 16.4. The molecule has 0 saturated carbocycles. The number of aryl methyl sites for hydroxylation is 4. The fourth-order valence-corrected chi connectivity index (χ4v) is 27.5. The van der Waals surface area contributed by atoms with E-state index in [-0.39, 0.29) is 11.3 Å². The normalized spacial score (nSPS) is 37.5. The lowest BCUT2D eigenvalue weighted by atomic mass is 10.1. The second-order valence-electron chi connectivity index (χ2n) is 37.7. The third-order valence-electron chi connectivity index (χ3n) is 28.1. The molecule has 69 heteroatoms. The molecule has 0 bridgehead atoms. The van der Waals surface area contributed by atoms with Gasteiger partial charge in [-0.3, -0.25) is 42.5 Å². The Kier molecular flexibility index (Phi) is 26.9. The number of nitrogens with one attached hydrogen (secondary N) is 6. The number of hydrogen-bond acceptors (Lipinski definition) is 45. The van der Waals surface area contributed by atoms with Crippen molar-refractivity contribution in [3.63, 3.8) is 0 Å². The summed E-state index contributed by atoms with van der Waals surface area (Å²) in [5, 5.41) is 30.6. The molecule has 27 heterocycles. The zero-order chi connectivity index (χ0) is 103. The predicted molar refractivity (Wildman–Crippen MR) is 515 cm³/mol. The zero-order valence-corrected chi connectivity index (χ0v) is 83.7. The molecular weight excluding hydrogens is 2100 g/mol. The minimum Gasteiger partial charge on any atom is -0.384 e. The average Bonchev–Trinajstić information content (AvgIpc) is 1.61. The highest BCUT2D eigenvalue weighted by atomic mass is 31.2. The predicted octanol–water partition coefficient (Wildman–Crippen LogP) is 8.78. The Balaban J connectivity index is 0.000000116. The second-order valence-corrected chi connectivity index (χ2v) is 47.0. The summed E-state index contributed by atoms with van der Waals surface area (Å²) in [6.07, 6.45) is -19.0. The first kappa shape index (κ1) is 102. The fraction of sp³-hybridized carbons (Fsp3) is 0.568. The molecule has 15 aliphatic heterocycles. The minimum atomic E-state index is -4.60. The number of hydrogen-bond donors (Lipinski definition) is 6. The summed E-state index contributed by atoms with van der Waals surface area (Å²) in [4.78, 5) is 53.9. The van der Waals surface area contributed by atoms with Crippen LogP contribution < -0.4 is 32.2 Å². The van der Waals surface area contributed by atoms with Gasteiger partial charge < -0.3 is 118 Å². The standard InChI is InChI=1S/C28H30B2F2N8O8P2.C27H28B2F2N8O9P2.C26H27B2F2N9O9P2/c29-49(41)44-11-17-23(21(32)28(46-17)40-26-19-15(38-40)4-2-7-34-24(19)36-12-37-26)48-50(30,42)43-10-16-22(47-49)20(31)27(45-16)39-9-13-3-1-6-33-14-5-8-35-25(39)18(13)14;28-49(40)44-10-16-22(20(31)27(46-16)39-25-18-13(36-39)2-1-5-32-23(18)34-11-35-25)48-50(29,41)43-9-15-21(47-49)19(30)26(45-15)38-8-12-4-7-42-37-14-3-6-33-24(38)17(12)14;27-49(40)44-8-14-20(18(30)26(46-14)39-24-16-12(36-39)2-1-4-31-21(16)32-9-35-24)48-50(28,41)43-7-13-19(47-49)17(29)25(45-13)38-6-11-3-5-42-37-22-15(11)23(38)34-10-33-22/h5,8-9,12,16-17,20-23,27-28,33H,1-4,6-7,10-11H2,(H,34,36,37);3,6,8,11,15-16,19-22,26-27,37H,1-2,4-5,7,9-10H2,(H,32,34,35);6,9-10,13-14,17-20,25-26H,1-5,7-8H2,(H,31,32,35)(H,33,34,37)/t16-,17-,20+,21?,22?,23+,27-,28-,49?,50?;15-,16-,19+,20?,21?,22+,26-,27-,49?,50?;13-,14-,17+,18?,19?,20+,25-,26-,49?,50?/m111/s1. The van der Waals surface area contributed by atoms with Crippen LogP contribution in [0.15, 0.2) is 68.4 Å². The Hall–Kier alpha value is -9.00. The Bertz CT molecular complexity index is 6490. The number of rotatable bonds is 6. The van der Waals surface area contributed by atoms with Gasteiger partial charge in [-0.15, -0.1) is 0 Å². The van der Waals surface area contributed by atoms with Crippen LogP contribution in [0.25, 0.3) is 66.2 Å². The van der Waals surface area contributed by atoms with Crippen molar-refractivity contribution in [1.29, 1.82) is 0 Å². The smallest absolute Gasteiger partial charge is 0.264 e. The van der Waals surface area contributed by atoms with E-state index in [1.54, 1.807) is 30.9 Å². The number of alkyl halides is 6. The number of fused-ring (bicyclic) bond motifs is 6. The molecule has 780 valence electrons. The number of aromatic nitrogens is 19. The van der Waals surface area contributed by atoms with Crippen LogP contribution in [0.3, 0.4) is 0 Å². The van der Waals surface area contributed by atoms with Gasteiger partial charge in [-0.25, -0.2) is 95.7 Å². The van der Waals surface area contributed by atoms with Crippen LogP contribution in [0, 0.1) is 0 Å². The van der Waals surface area contributed by atoms with Crippen LogP contribution in [0.5, 0.6) is 0 Å². The van der Waals surface area contributed by atoms with E-state index in [0.717, 1.165) is 66.4 Å². The monoisotopic (exact) mass is 2190 g/mol. The zero-order valence-electron chi connectivity index (χ0n) is 78.3. The molecular formula is C81H85B6F6N25O26P6. The average molecular weight is 2190 g/mol. The molecule has 0 spiro atoms. The van der Waals surface area contributed by atoms with E-state index in [0.29, 0.717) is 161 Å². The molecule has 12 unspecified atom stereocenters. The Morgan fingerprint density at radius 1 is 0.300 bits per heavy atom. The molecule has 150 heavy (non-hydrogen) atoms. The number of pyridine rings is 2. The van der Waals surface area contributed by atoms with Crippen molar-refractivity contribution < 1.29 is 146 Å². The molecule has 0 aliphatic carbocycles. The fourth-order valence-electron chi connectivity index (χ4n) is 21.4. The molecule has 15 aliphatic rings. The number of anilines is 6. The Labute approximate surface area is 851 Å². The summed E-state index contributed by atoms with van der Waals surface area (Å²) < 4.78 is 290. The molecule has 12 aromatic rings. The molecule has 51 nitrogen and oxygen atoms in total. The van der Waals surface area contributed by atoms with Crippen LogP contribution >= 0.6 is 44.8 Å². The van der Waals surface area contributed by atoms with Crippen LogP contribution in [-0.4, -0.2) is 328 Å². The highest BCUT2D eigenvalue weighted by molar-refractivity contribution is 7.81. The summed E-state index contributed by atoms with van der Waals surface area (Å²) in [6.45, 7) is -0.629. The number of ether oxygens (including phenoxy) is 6. The van der Waals surface area contributed by atoms with Gasteiger partial charge in [-0.1, -0.05) is 0 Å². The lowest BCUT2D eigenvalue weighted by Gasteiger charge is -2.29.